The molecule has 5 heterocycles. The van der Waals surface area contributed by atoms with Crippen molar-refractivity contribution in [3.63, 3.8) is 0 Å². The van der Waals surface area contributed by atoms with Crippen molar-refractivity contribution in [3.8, 4) is 0 Å². The summed E-state index contributed by atoms with van der Waals surface area (Å²) in [5, 5.41) is 7.68. The van der Waals surface area contributed by atoms with E-state index >= 15 is 0 Å². The summed E-state index contributed by atoms with van der Waals surface area (Å²) in [5.41, 5.74) is 2.09. The molecule has 208 valence electrons. The van der Waals surface area contributed by atoms with E-state index in [4.69, 9.17) is 4.98 Å². The van der Waals surface area contributed by atoms with E-state index in [-0.39, 0.29) is 11.8 Å². The summed E-state index contributed by atoms with van der Waals surface area (Å²) in [6.45, 7) is 1.51. The number of fused-ring (bicyclic) bond motifs is 5. The molecule has 10 nitrogen and oxygen atoms in total. The number of hydrogen-bond acceptors (Lipinski definition) is 7. The zero-order valence-corrected chi connectivity index (χ0v) is 23.1. The van der Waals surface area contributed by atoms with E-state index in [1.54, 1.807) is 31.4 Å². The number of likely N-dealkylation sites (tertiary alicyclic amines) is 1. The van der Waals surface area contributed by atoms with Crippen LogP contribution in [-0.4, -0.2) is 80.4 Å². The van der Waals surface area contributed by atoms with Crippen LogP contribution in [0.25, 0.3) is 11.0 Å². The summed E-state index contributed by atoms with van der Waals surface area (Å²) in [6.07, 6.45) is 10.7. The van der Waals surface area contributed by atoms with E-state index in [0.29, 0.717) is 47.1 Å². The topological polar surface area (TPSA) is 108 Å². The van der Waals surface area contributed by atoms with Crippen molar-refractivity contribution in [2.45, 2.75) is 56.7 Å². The van der Waals surface area contributed by atoms with Gasteiger partial charge in [-0.2, -0.15) is 4.98 Å². The molecule has 4 bridgehead atoms. The summed E-state index contributed by atoms with van der Waals surface area (Å²) in [4.78, 5) is 44.0. The number of nitrogens with zero attached hydrogens (tertiary/aromatic N) is 6. The summed E-state index contributed by atoms with van der Waals surface area (Å²) < 4.78 is 2.23. The van der Waals surface area contributed by atoms with Crippen LogP contribution in [0.2, 0.25) is 0 Å². The number of piperazine rings is 1. The first-order valence-corrected chi connectivity index (χ1v) is 14.8. The van der Waals surface area contributed by atoms with Crippen LogP contribution >= 0.6 is 0 Å². The van der Waals surface area contributed by atoms with E-state index in [1.165, 1.54) is 19.3 Å². The summed E-state index contributed by atoms with van der Waals surface area (Å²) in [7, 11) is 3.61. The molecule has 6 fully saturated rings. The Morgan fingerprint density at radius 2 is 1.80 bits per heavy atom. The Bertz CT molecular complexity index is 1490. The Morgan fingerprint density at radius 1 is 0.975 bits per heavy atom. The fourth-order valence-electron chi connectivity index (χ4n) is 8.31. The number of pyridine rings is 1. The van der Waals surface area contributed by atoms with E-state index in [0.717, 1.165) is 61.1 Å². The minimum atomic E-state index is 0.000665. The average Bonchev–Trinajstić information content (AvgIpc) is 3.63. The van der Waals surface area contributed by atoms with Crippen molar-refractivity contribution < 1.29 is 9.59 Å². The molecule has 4 aliphatic carbocycles. The molecule has 0 spiro atoms. The zero-order valence-electron chi connectivity index (χ0n) is 23.1. The molecule has 2 amide bonds. The third-order valence-electron chi connectivity index (χ3n) is 10.2. The molecule has 9 rings (SSSR count). The molecule has 6 aliphatic rings. The van der Waals surface area contributed by atoms with Gasteiger partial charge in [0.15, 0.2) is 0 Å². The summed E-state index contributed by atoms with van der Waals surface area (Å²) in [6, 6.07) is 6.70. The Labute approximate surface area is 233 Å². The van der Waals surface area contributed by atoms with Gasteiger partial charge in [-0.15, -0.1) is 0 Å². The lowest BCUT2D eigenvalue weighted by molar-refractivity contribution is 0.0696. The van der Waals surface area contributed by atoms with Crippen LogP contribution in [0.3, 0.4) is 0 Å². The van der Waals surface area contributed by atoms with Crippen molar-refractivity contribution in [1.29, 1.82) is 0 Å². The number of amides is 2. The van der Waals surface area contributed by atoms with Crippen molar-refractivity contribution in [3.05, 3.63) is 41.9 Å². The molecule has 2 N–H and O–H groups in total. The van der Waals surface area contributed by atoms with Crippen molar-refractivity contribution in [2.24, 2.45) is 23.7 Å². The minimum Gasteiger partial charge on any atom is -0.343 e. The first-order valence-electron chi connectivity index (χ1n) is 14.8. The van der Waals surface area contributed by atoms with Crippen LogP contribution in [0.1, 0.15) is 65.4 Å². The first-order chi connectivity index (χ1) is 19.4. The fraction of sp³-hybridized carbons (Fsp3) is 0.567. The fourth-order valence-corrected chi connectivity index (χ4v) is 8.31. The Kier molecular flexibility index (Phi) is 5.46. The summed E-state index contributed by atoms with van der Waals surface area (Å²) in [5.74, 6) is 4.14. The van der Waals surface area contributed by atoms with Gasteiger partial charge in [-0.3, -0.25) is 9.59 Å². The maximum absolute atomic E-state index is 13.3. The number of nitrogens with one attached hydrogen (secondary N) is 2. The predicted octanol–water partition coefficient (Wildman–Crippen LogP) is 3.46. The number of rotatable bonds is 5. The number of aromatic nitrogens is 4. The minimum absolute atomic E-state index is 0.000665. The van der Waals surface area contributed by atoms with Gasteiger partial charge in [-0.1, -0.05) is 0 Å². The number of anilines is 2. The van der Waals surface area contributed by atoms with Crippen LogP contribution in [0.5, 0.6) is 0 Å². The van der Waals surface area contributed by atoms with Gasteiger partial charge in [0.2, 0.25) is 5.95 Å². The maximum atomic E-state index is 13.3. The smallest absolute Gasteiger partial charge is 0.270 e. The second-order valence-electron chi connectivity index (χ2n) is 12.8. The predicted molar refractivity (Wildman–Crippen MR) is 150 cm³/mol. The largest absolute Gasteiger partial charge is 0.343 e. The second-order valence-corrected chi connectivity index (χ2v) is 12.8. The SMILES string of the molecule is CN(C)C(=O)c1cc2cnc(Nc3ccc(C(=O)N4CC5CCC(C4)N5)cn3)nc2n1C1CC2CCC1C1CC21. The van der Waals surface area contributed by atoms with Gasteiger partial charge in [0, 0.05) is 63.1 Å². The highest BCUT2D eigenvalue weighted by atomic mass is 16.2. The van der Waals surface area contributed by atoms with Crippen LogP contribution < -0.4 is 10.6 Å². The number of hydrogen-bond donors (Lipinski definition) is 2. The van der Waals surface area contributed by atoms with Gasteiger partial charge in [-0.05, 0) is 80.4 Å². The average molecular weight is 541 g/mol. The van der Waals surface area contributed by atoms with Gasteiger partial charge in [0.05, 0.1) is 5.56 Å². The highest BCUT2D eigenvalue weighted by Gasteiger charge is 2.58. The van der Waals surface area contributed by atoms with E-state index < -0.39 is 0 Å². The monoisotopic (exact) mass is 540 g/mol. The molecule has 3 aromatic rings. The van der Waals surface area contributed by atoms with Gasteiger partial charge in [-0.25, -0.2) is 9.97 Å². The van der Waals surface area contributed by atoms with Crippen LogP contribution in [0.4, 0.5) is 11.8 Å². The normalized spacial score (nSPS) is 31.8. The molecule has 7 atom stereocenters. The lowest BCUT2D eigenvalue weighted by Crippen LogP contribution is -2.53. The molecule has 2 aliphatic heterocycles. The Hall–Kier alpha value is -3.53. The quantitative estimate of drug-likeness (QED) is 0.510. The highest BCUT2D eigenvalue weighted by Crippen LogP contribution is 2.65. The molecule has 10 heteroatoms. The Morgan fingerprint density at radius 3 is 2.52 bits per heavy atom. The van der Waals surface area contributed by atoms with Crippen molar-refractivity contribution in [1.82, 2.24) is 34.6 Å². The Balaban J connectivity index is 1.07. The van der Waals surface area contributed by atoms with Gasteiger partial charge in [0.1, 0.15) is 17.2 Å². The van der Waals surface area contributed by atoms with Crippen molar-refractivity contribution >= 4 is 34.6 Å². The van der Waals surface area contributed by atoms with E-state index in [1.807, 2.05) is 23.1 Å². The maximum Gasteiger partial charge on any atom is 0.270 e. The zero-order chi connectivity index (χ0) is 27.1. The summed E-state index contributed by atoms with van der Waals surface area (Å²) >= 11 is 0. The molecule has 2 saturated heterocycles. The van der Waals surface area contributed by atoms with E-state index in [9.17, 15) is 9.59 Å². The second kappa shape index (κ2) is 8.99. The molecule has 40 heavy (non-hydrogen) atoms. The molecule has 3 aromatic heterocycles. The third-order valence-corrected chi connectivity index (χ3v) is 10.2. The molecule has 0 radical (unpaired) electrons. The third kappa shape index (κ3) is 3.90. The highest BCUT2D eigenvalue weighted by molar-refractivity contribution is 5.98. The molecular weight excluding hydrogens is 504 g/mol. The van der Waals surface area contributed by atoms with Crippen LogP contribution in [-0.2, 0) is 0 Å². The van der Waals surface area contributed by atoms with Crippen LogP contribution in [0.15, 0.2) is 30.6 Å². The number of carbonyl (C=O) groups is 2. The molecule has 7 unspecified atom stereocenters. The lowest BCUT2D eigenvalue weighted by Gasteiger charge is -2.43. The van der Waals surface area contributed by atoms with E-state index in [2.05, 4.69) is 25.2 Å². The van der Waals surface area contributed by atoms with Gasteiger partial charge >= 0.3 is 0 Å². The standard InChI is InChI=1S/C30H36N8O2/c1-36(2)29(40)25-10-18-13-32-30(35-27(18)38(25)24-9-16-3-7-21(24)23-11-22(16)23)34-26-8-4-17(12-31-26)28(39)37-14-19-5-6-20(15-37)33-19/h4,8,10,12-13,16,19-24,33H,3,5-7,9,11,14-15H2,1-2H3,(H,31,32,34,35). The molecule has 0 aromatic carbocycles. The van der Waals surface area contributed by atoms with Crippen molar-refractivity contribution in [2.75, 3.05) is 32.5 Å². The molecule has 4 saturated carbocycles. The molecular formula is C30H36N8O2. The van der Waals surface area contributed by atoms with Gasteiger partial charge in [0.25, 0.3) is 11.8 Å². The lowest BCUT2D eigenvalue weighted by atomic mass is 9.68. The number of carbonyl (C=O) groups excluding carboxylic acids is 2. The first kappa shape index (κ1) is 24.3. The van der Waals surface area contributed by atoms with Gasteiger partial charge < -0.3 is 25.0 Å². The van der Waals surface area contributed by atoms with Crippen LogP contribution in [0, 0.1) is 23.7 Å².